The summed E-state index contributed by atoms with van der Waals surface area (Å²) in [7, 11) is 0. The van der Waals surface area contributed by atoms with E-state index in [2.05, 4.69) is 10.6 Å². The van der Waals surface area contributed by atoms with Crippen LogP contribution < -0.4 is 15.5 Å². The highest BCUT2D eigenvalue weighted by Crippen LogP contribution is 2.15. The average molecular weight is 311 g/mol. The molecule has 0 saturated heterocycles. The van der Waals surface area contributed by atoms with Gasteiger partial charge in [0.15, 0.2) is 0 Å². The third kappa shape index (κ3) is 5.14. The Labute approximate surface area is 136 Å². The zero-order valence-corrected chi connectivity index (χ0v) is 13.4. The van der Waals surface area contributed by atoms with E-state index in [1.807, 2.05) is 42.2 Å². The van der Waals surface area contributed by atoms with E-state index in [0.717, 1.165) is 12.2 Å². The molecule has 0 aliphatic carbocycles. The molecule has 0 aromatic heterocycles. The molecule has 0 aliphatic heterocycles. The van der Waals surface area contributed by atoms with Crippen LogP contribution in [0.2, 0.25) is 0 Å². The van der Waals surface area contributed by atoms with Gasteiger partial charge in [-0.25, -0.2) is 0 Å². The molecule has 0 fully saturated rings. The largest absolute Gasteiger partial charge is 0.362 e. The van der Waals surface area contributed by atoms with Crippen molar-refractivity contribution >= 4 is 28.9 Å². The van der Waals surface area contributed by atoms with E-state index in [1.165, 1.54) is 6.92 Å². The molecule has 0 radical (unpaired) electrons. The van der Waals surface area contributed by atoms with Crippen molar-refractivity contribution in [2.75, 3.05) is 28.6 Å². The molecule has 2 rings (SSSR count). The molecule has 0 unspecified atom stereocenters. The van der Waals surface area contributed by atoms with Crippen LogP contribution in [0.4, 0.5) is 17.1 Å². The quantitative estimate of drug-likeness (QED) is 0.861. The van der Waals surface area contributed by atoms with Crippen molar-refractivity contribution in [2.45, 2.75) is 13.8 Å². The number of amides is 2. The van der Waals surface area contributed by atoms with Gasteiger partial charge in [-0.05, 0) is 43.3 Å². The zero-order chi connectivity index (χ0) is 16.7. The highest BCUT2D eigenvalue weighted by atomic mass is 16.2. The summed E-state index contributed by atoms with van der Waals surface area (Å²) in [6, 6.07) is 16.9. The second-order valence-corrected chi connectivity index (χ2v) is 5.16. The fourth-order valence-electron chi connectivity index (χ4n) is 2.24. The molecule has 5 nitrogen and oxygen atoms in total. The van der Waals surface area contributed by atoms with Crippen LogP contribution in [0.1, 0.15) is 13.8 Å². The number of likely N-dealkylation sites (N-methyl/N-ethyl adjacent to an activating group) is 1. The normalized spacial score (nSPS) is 10.0. The number of hydrogen-bond acceptors (Lipinski definition) is 3. The summed E-state index contributed by atoms with van der Waals surface area (Å²) in [5.41, 5.74) is 2.43. The van der Waals surface area contributed by atoms with Crippen molar-refractivity contribution in [3.8, 4) is 0 Å². The van der Waals surface area contributed by atoms with E-state index in [-0.39, 0.29) is 18.4 Å². The lowest BCUT2D eigenvalue weighted by molar-refractivity contribution is -0.115. The molecule has 2 aromatic carbocycles. The number of nitrogens with one attached hydrogen (secondary N) is 2. The zero-order valence-electron chi connectivity index (χ0n) is 13.4. The summed E-state index contributed by atoms with van der Waals surface area (Å²) >= 11 is 0. The van der Waals surface area contributed by atoms with Gasteiger partial charge in [0.2, 0.25) is 11.8 Å². The lowest BCUT2D eigenvalue weighted by Crippen LogP contribution is -2.33. The summed E-state index contributed by atoms with van der Waals surface area (Å²) in [5, 5.41) is 5.55. The molecule has 0 saturated carbocycles. The summed E-state index contributed by atoms with van der Waals surface area (Å²) < 4.78 is 0. The van der Waals surface area contributed by atoms with E-state index in [9.17, 15) is 9.59 Å². The molecule has 2 N–H and O–H groups in total. The Morgan fingerprint density at radius 2 is 1.48 bits per heavy atom. The molecule has 0 spiro atoms. The van der Waals surface area contributed by atoms with Crippen LogP contribution in [-0.2, 0) is 9.59 Å². The minimum absolute atomic E-state index is 0.0806. The first-order chi connectivity index (χ1) is 11.1. The maximum absolute atomic E-state index is 12.2. The summed E-state index contributed by atoms with van der Waals surface area (Å²) in [4.78, 5) is 25.2. The van der Waals surface area contributed by atoms with Gasteiger partial charge in [0.25, 0.3) is 0 Å². The maximum atomic E-state index is 12.2. The third-order valence-corrected chi connectivity index (χ3v) is 3.33. The van der Waals surface area contributed by atoms with Gasteiger partial charge in [-0.15, -0.1) is 0 Å². The number of anilines is 3. The Balaban J connectivity index is 1.94. The average Bonchev–Trinajstić information content (AvgIpc) is 2.55. The Hall–Kier alpha value is -2.82. The van der Waals surface area contributed by atoms with Crippen molar-refractivity contribution < 1.29 is 9.59 Å². The third-order valence-electron chi connectivity index (χ3n) is 3.33. The second kappa shape index (κ2) is 7.98. The first-order valence-electron chi connectivity index (χ1n) is 7.56. The predicted octanol–water partition coefficient (Wildman–Crippen LogP) is 3.11. The number of para-hydroxylation sites is 1. The van der Waals surface area contributed by atoms with E-state index < -0.39 is 0 Å². The fourth-order valence-corrected chi connectivity index (χ4v) is 2.24. The number of hydrogen-bond donors (Lipinski definition) is 2. The Morgan fingerprint density at radius 1 is 0.913 bits per heavy atom. The molecule has 0 atom stereocenters. The number of carbonyl (C=O) groups excluding carboxylic acids is 2. The molecule has 2 aromatic rings. The van der Waals surface area contributed by atoms with Crippen LogP contribution in [0.5, 0.6) is 0 Å². The van der Waals surface area contributed by atoms with Crippen molar-refractivity contribution in [3.63, 3.8) is 0 Å². The van der Waals surface area contributed by atoms with E-state index >= 15 is 0 Å². The maximum Gasteiger partial charge on any atom is 0.243 e. The fraction of sp³-hybridized carbons (Fsp3) is 0.222. The Bertz CT molecular complexity index is 654. The van der Waals surface area contributed by atoms with Crippen LogP contribution in [0, 0.1) is 0 Å². The van der Waals surface area contributed by atoms with Crippen LogP contribution in [0.25, 0.3) is 0 Å². The van der Waals surface area contributed by atoms with Crippen LogP contribution in [0.3, 0.4) is 0 Å². The molecule has 0 heterocycles. The van der Waals surface area contributed by atoms with E-state index in [4.69, 9.17) is 0 Å². The van der Waals surface area contributed by atoms with E-state index in [0.29, 0.717) is 11.4 Å². The van der Waals surface area contributed by atoms with Gasteiger partial charge < -0.3 is 15.5 Å². The highest BCUT2D eigenvalue weighted by molar-refractivity contribution is 5.94. The summed E-state index contributed by atoms with van der Waals surface area (Å²) in [5.74, 6) is -0.203. The smallest absolute Gasteiger partial charge is 0.243 e. The molecular formula is C18H21N3O2. The molecular weight excluding hydrogens is 290 g/mol. The molecule has 120 valence electrons. The number of carbonyl (C=O) groups is 2. The Kier molecular flexibility index (Phi) is 5.74. The lowest BCUT2D eigenvalue weighted by Gasteiger charge is -2.22. The summed E-state index contributed by atoms with van der Waals surface area (Å²) in [6.45, 7) is 4.51. The van der Waals surface area contributed by atoms with Crippen LogP contribution in [-0.4, -0.2) is 24.9 Å². The van der Waals surface area contributed by atoms with Gasteiger partial charge in [-0.3, -0.25) is 9.59 Å². The standard InChI is InChI=1S/C18H21N3O2/c1-3-21(17-7-5-4-6-8-17)13-18(23)20-16-11-9-15(10-12-16)19-14(2)22/h4-12H,3,13H2,1-2H3,(H,19,22)(H,20,23). The van der Waals surface area contributed by atoms with Crippen molar-refractivity contribution in [3.05, 3.63) is 54.6 Å². The van der Waals surface area contributed by atoms with Crippen LogP contribution >= 0.6 is 0 Å². The van der Waals surface area contributed by atoms with Gasteiger partial charge in [0.05, 0.1) is 6.54 Å². The van der Waals surface area contributed by atoms with Gasteiger partial charge in [0, 0.05) is 30.5 Å². The van der Waals surface area contributed by atoms with Gasteiger partial charge in [-0.2, -0.15) is 0 Å². The minimum Gasteiger partial charge on any atom is -0.362 e. The monoisotopic (exact) mass is 311 g/mol. The molecule has 0 aliphatic rings. The predicted molar refractivity (Wildman–Crippen MR) is 93.7 cm³/mol. The molecule has 0 bridgehead atoms. The molecule has 23 heavy (non-hydrogen) atoms. The van der Waals surface area contributed by atoms with E-state index in [1.54, 1.807) is 24.3 Å². The first-order valence-corrected chi connectivity index (χ1v) is 7.56. The first kappa shape index (κ1) is 16.5. The minimum atomic E-state index is -0.122. The highest BCUT2D eigenvalue weighted by Gasteiger charge is 2.10. The van der Waals surface area contributed by atoms with Gasteiger partial charge in [-0.1, -0.05) is 18.2 Å². The summed E-state index contributed by atoms with van der Waals surface area (Å²) in [6.07, 6.45) is 0. The second-order valence-electron chi connectivity index (χ2n) is 5.16. The van der Waals surface area contributed by atoms with Crippen molar-refractivity contribution in [1.29, 1.82) is 0 Å². The Morgan fingerprint density at radius 3 is 2.00 bits per heavy atom. The van der Waals surface area contributed by atoms with Gasteiger partial charge >= 0.3 is 0 Å². The number of nitrogens with zero attached hydrogens (tertiary/aromatic N) is 1. The van der Waals surface area contributed by atoms with Crippen molar-refractivity contribution in [2.24, 2.45) is 0 Å². The molecule has 2 amide bonds. The number of rotatable bonds is 6. The van der Waals surface area contributed by atoms with Gasteiger partial charge in [0.1, 0.15) is 0 Å². The van der Waals surface area contributed by atoms with Crippen LogP contribution in [0.15, 0.2) is 54.6 Å². The SMILES string of the molecule is CCN(CC(=O)Nc1ccc(NC(C)=O)cc1)c1ccccc1. The topological polar surface area (TPSA) is 61.4 Å². The van der Waals surface area contributed by atoms with Crippen molar-refractivity contribution in [1.82, 2.24) is 0 Å². The molecule has 5 heteroatoms. The lowest BCUT2D eigenvalue weighted by atomic mass is 10.2. The number of benzene rings is 2.